The molecular weight excluding hydrogens is 499 g/mol. The smallest absolute Gasteiger partial charge is 0.332 e. The Morgan fingerprint density at radius 2 is 1.84 bits per heavy atom. The van der Waals surface area contributed by atoms with Gasteiger partial charge in [0.15, 0.2) is 11.2 Å². The number of hydrogen-bond acceptors (Lipinski definition) is 5. The molecule has 8 nitrogen and oxygen atoms in total. The van der Waals surface area contributed by atoms with E-state index >= 15 is 0 Å². The molecular formula is C27H28F3N5O3. The van der Waals surface area contributed by atoms with Gasteiger partial charge in [-0.05, 0) is 50.1 Å². The van der Waals surface area contributed by atoms with E-state index in [9.17, 15) is 22.8 Å². The summed E-state index contributed by atoms with van der Waals surface area (Å²) in [6.45, 7) is 5.69. The number of ether oxygens (including phenoxy) is 1. The van der Waals surface area contributed by atoms with Crippen molar-refractivity contribution in [3.05, 3.63) is 74.8 Å². The maximum atomic E-state index is 13.7. The van der Waals surface area contributed by atoms with Crippen LogP contribution in [0.15, 0.2) is 52.2 Å². The molecule has 1 atom stereocenters. The lowest BCUT2D eigenvalue weighted by Gasteiger charge is -2.15. The third-order valence-corrected chi connectivity index (χ3v) is 6.67. The fraction of sp³-hybridized carbons (Fsp3) is 0.407. The first kappa shape index (κ1) is 25.7. The van der Waals surface area contributed by atoms with Crippen molar-refractivity contribution in [2.75, 3.05) is 6.61 Å². The highest BCUT2D eigenvalue weighted by Gasteiger charge is 2.57. The molecule has 5 rings (SSSR count). The van der Waals surface area contributed by atoms with Crippen LogP contribution in [-0.2, 0) is 13.1 Å². The standard InChI is InChI=1S/C27H28F3N5O3/c1-4-12-33-25(36)21-23(35(16(2)3)26(33)37)32-22(34(21)14-17-7-9-19(28)10-8-17)20-6-5-11-31-24(20)38-15-18-13-27(18,29)30/h5-11,16,18H,4,12-15H2,1-3H3. The first-order chi connectivity index (χ1) is 18.1. The van der Waals surface area contributed by atoms with Gasteiger partial charge in [-0.2, -0.15) is 0 Å². The molecule has 3 aromatic heterocycles. The van der Waals surface area contributed by atoms with Gasteiger partial charge >= 0.3 is 5.69 Å². The molecule has 11 heteroatoms. The predicted octanol–water partition coefficient (Wildman–Crippen LogP) is 4.63. The zero-order chi connectivity index (χ0) is 27.2. The van der Waals surface area contributed by atoms with E-state index in [1.165, 1.54) is 27.5 Å². The van der Waals surface area contributed by atoms with Gasteiger partial charge in [0.2, 0.25) is 5.88 Å². The molecule has 0 aliphatic heterocycles. The lowest BCUT2D eigenvalue weighted by Crippen LogP contribution is -2.41. The van der Waals surface area contributed by atoms with Gasteiger partial charge in [0.1, 0.15) is 11.6 Å². The Kier molecular flexibility index (Phi) is 6.62. The molecule has 0 bridgehead atoms. The molecule has 38 heavy (non-hydrogen) atoms. The van der Waals surface area contributed by atoms with Crippen LogP contribution in [0.5, 0.6) is 5.88 Å². The molecule has 3 heterocycles. The summed E-state index contributed by atoms with van der Waals surface area (Å²) >= 11 is 0. The second-order valence-electron chi connectivity index (χ2n) is 9.85. The fourth-order valence-electron chi connectivity index (χ4n) is 4.58. The number of pyridine rings is 1. The molecule has 1 aliphatic rings. The third kappa shape index (κ3) is 4.61. The van der Waals surface area contributed by atoms with Crippen LogP contribution in [-0.4, -0.2) is 36.2 Å². The number of alkyl halides is 2. The highest BCUT2D eigenvalue weighted by Crippen LogP contribution is 2.48. The van der Waals surface area contributed by atoms with E-state index < -0.39 is 28.9 Å². The number of nitrogens with zero attached hydrogens (tertiary/aromatic N) is 5. The Morgan fingerprint density at radius 3 is 2.47 bits per heavy atom. The van der Waals surface area contributed by atoms with Gasteiger partial charge in [-0.15, -0.1) is 0 Å². The maximum absolute atomic E-state index is 13.7. The summed E-state index contributed by atoms with van der Waals surface area (Å²) in [5.41, 5.74) is 0.529. The van der Waals surface area contributed by atoms with Crippen molar-refractivity contribution in [1.29, 1.82) is 0 Å². The molecule has 0 spiro atoms. The average Bonchev–Trinajstić information content (AvgIpc) is 3.33. The average molecular weight is 528 g/mol. The molecule has 1 unspecified atom stereocenters. The number of aromatic nitrogens is 5. The molecule has 0 amide bonds. The maximum Gasteiger partial charge on any atom is 0.332 e. The van der Waals surface area contributed by atoms with Gasteiger partial charge in [0.05, 0.1) is 18.1 Å². The quantitative estimate of drug-likeness (QED) is 0.317. The second kappa shape index (κ2) is 9.77. The van der Waals surface area contributed by atoms with Gasteiger partial charge in [-0.1, -0.05) is 19.1 Å². The van der Waals surface area contributed by atoms with E-state index in [0.29, 0.717) is 17.5 Å². The van der Waals surface area contributed by atoms with E-state index in [1.54, 1.807) is 28.8 Å². The number of imidazole rings is 1. The molecule has 4 aromatic rings. The normalized spacial score (nSPS) is 16.3. The molecule has 1 fully saturated rings. The zero-order valence-corrected chi connectivity index (χ0v) is 21.3. The number of rotatable bonds is 9. The van der Waals surface area contributed by atoms with Crippen molar-refractivity contribution in [2.45, 2.75) is 58.7 Å². The number of benzene rings is 1. The lowest BCUT2D eigenvalue weighted by atomic mass is 10.2. The van der Waals surface area contributed by atoms with Crippen molar-refractivity contribution in [1.82, 2.24) is 23.7 Å². The van der Waals surface area contributed by atoms with E-state index in [-0.39, 0.29) is 55.0 Å². The molecule has 200 valence electrons. The Labute approximate surface area is 216 Å². The minimum atomic E-state index is -2.75. The molecule has 1 aliphatic carbocycles. The number of fused-ring (bicyclic) bond motifs is 1. The van der Waals surface area contributed by atoms with E-state index in [2.05, 4.69) is 4.98 Å². The molecule has 0 radical (unpaired) electrons. The monoisotopic (exact) mass is 527 g/mol. The Morgan fingerprint density at radius 1 is 1.13 bits per heavy atom. The van der Waals surface area contributed by atoms with Crippen LogP contribution >= 0.6 is 0 Å². The van der Waals surface area contributed by atoms with Gasteiger partial charge < -0.3 is 9.30 Å². The first-order valence-corrected chi connectivity index (χ1v) is 12.6. The number of halogens is 3. The topological polar surface area (TPSA) is 83.9 Å². The zero-order valence-electron chi connectivity index (χ0n) is 21.3. The van der Waals surface area contributed by atoms with Crippen LogP contribution < -0.4 is 16.0 Å². The minimum absolute atomic E-state index is 0.0955. The molecule has 1 aromatic carbocycles. The number of hydrogen-bond donors (Lipinski definition) is 0. The highest BCUT2D eigenvalue weighted by molar-refractivity contribution is 5.78. The Balaban J connectivity index is 1.75. The van der Waals surface area contributed by atoms with Crippen LogP contribution in [0.3, 0.4) is 0 Å². The van der Waals surface area contributed by atoms with Crippen LogP contribution in [0.25, 0.3) is 22.6 Å². The van der Waals surface area contributed by atoms with Gasteiger partial charge in [0, 0.05) is 31.7 Å². The largest absolute Gasteiger partial charge is 0.477 e. The minimum Gasteiger partial charge on any atom is -0.477 e. The van der Waals surface area contributed by atoms with Gasteiger partial charge in [-0.3, -0.25) is 13.9 Å². The molecule has 0 N–H and O–H groups in total. The van der Waals surface area contributed by atoms with Gasteiger partial charge in [0.25, 0.3) is 11.5 Å². The van der Waals surface area contributed by atoms with Crippen molar-refractivity contribution in [2.24, 2.45) is 5.92 Å². The Bertz CT molecular complexity index is 1610. The summed E-state index contributed by atoms with van der Waals surface area (Å²) in [6, 6.07) is 8.87. The summed E-state index contributed by atoms with van der Waals surface area (Å²) in [5, 5.41) is 0. The SMILES string of the molecule is CCCn1c(=O)c2c(nc(-c3cccnc3OCC3CC3(F)F)n2Cc2ccc(F)cc2)n(C(C)C)c1=O. The van der Waals surface area contributed by atoms with Gasteiger partial charge in [-0.25, -0.2) is 27.9 Å². The highest BCUT2D eigenvalue weighted by atomic mass is 19.3. The van der Waals surface area contributed by atoms with E-state index in [1.807, 2.05) is 20.8 Å². The molecule has 1 saturated carbocycles. The molecule has 0 saturated heterocycles. The van der Waals surface area contributed by atoms with E-state index in [4.69, 9.17) is 9.72 Å². The summed E-state index contributed by atoms with van der Waals surface area (Å²) < 4.78 is 50.6. The second-order valence-corrected chi connectivity index (χ2v) is 9.85. The lowest BCUT2D eigenvalue weighted by molar-refractivity contribution is 0.0850. The van der Waals surface area contributed by atoms with Crippen LogP contribution in [0.4, 0.5) is 13.2 Å². The summed E-state index contributed by atoms with van der Waals surface area (Å²) in [7, 11) is 0. The van der Waals surface area contributed by atoms with Crippen molar-refractivity contribution in [3.8, 4) is 17.3 Å². The van der Waals surface area contributed by atoms with Crippen LogP contribution in [0.1, 0.15) is 45.2 Å². The van der Waals surface area contributed by atoms with E-state index in [0.717, 1.165) is 0 Å². The van der Waals surface area contributed by atoms with Crippen LogP contribution in [0.2, 0.25) is 0 Å². The van der Waals surface area contributed by atoms with Crippen molar-refractivity contribution < 1.29 is 17.9 Å². The first-order valence-electron chi connectivity index (χ1n) is 12.6. The van der Waals surface area contributed by atoms with Crippen molar-refractivity contribution >= 4 is 11.2 Å². The Hall–Kier alpha value is -3.89. The fourth-order valence-corrected chi connectivity index (χ4v) is 4.58. The summed E-state index contributed by atoms with van der Waals surface area (Å²) in [5.74, 6) is -3.65. The van der Waals surface area contributed by atoms with Crippen molar-refractivity contribution in [3.63, 3.8) is 0 Å². The van der Waals surface area contributed by atoms with Crippen LogP contribution in [0, 0.1) is 11.7 Å². The summed E-state index contributed by atoms with van der Waals surface area (Å²) in [4.78, 5) is 36.0. The summed E-state index contributed by atoms with van der Waals surface area (Å²) in [6.07, 6.45) is 1.81. The predicted molar refractivity (Wildman–Crippen MR) is 136 cm³/mol. The third-order valence-electron chi connectivity index (χ3n) is 6.67.